The fourth-order valence-electron chi connectivity index (χ4n) is 6.20. The quantitative estimate of drug-likeness (QED) is 0.294. The number of oxime groups is 1. The molecule has 0 aromatic heterocycles. The van der Waals surface area contributed by atoms with Gasteiger partial charge in [0.25, 0.3) is 5.91 Å². The molecule has 1 aromatic carbocycles. The van der Waals surface area contributed by atoms with Crippen LogP contribution in [-0.2, 0) is 33.5 Å². The monoisotopic (exact) mass is 707 g/mol. The Bertz CT molecular complexity index is 1450. The SMILES string of the molecule is CCC[C@H](NC(=O)[C@@H]1C[C@@]2(CC(c3cc(Cl)cc(Cl)c3)=NO2)CN1C(=O)[C@@H](NC(=O)O[C@H]1CCOC1)C(C)(C)C)C(=O)C(=O)NC1CC1. The van der Waals surface area contributed by atoms with Crippen LogP contribution in [0.4, 0.5) is 4.79 Å². The van der Waals surface area contributed by atoms with Gasteiger partial charge >= 0.3 is 6.09 Å². The first kappa shape index (κ1) is 35.9. The van der Waals surface area contributed by atoms with Crippen molar-refractivity contribution in [1.29, 1.82) is 0 Å². The number of hydrogen-bond donors (Lipinski definition) is 3. The van der Waals surface area contributed by atoms with E-state index in [1.807, 2.05) is 6.92 Å². The third-order valence-corrected chi connectivity index (χ3v) is 9.34. The van der Waals surface area contributed by atoms with E-state index >= 15 is 0 Å². The Labute approximate surface area is 289 Å². The van der Waals surface area contributed by atoms with E-state index in [-0.39, 0.29) is 38.5 Å². The minimum Gasteiger partial charge on any atom is -0.444 e. The second-order valence-electron chi connectivity index (χ2n) is 14.1. The molecule has 1 saturated carbocycles. The Morgan fingerprint density at radius 2 is 1.79 bits per heavy atom. The van der Waals surface area contributed by atoms with Gasteiger partial charge in [-0.1, -0.05) is 62.5 Å². The van der Waals surface area contributed by atoms with Gasteiger partial charge in [0.05, 0.1) is 31.5 Å². The molecule has 0 radical (unpaired) electrons. The topological polar surface area (TPSA) is 165 Å². The van der Waals surface area contributed by atoms with Gasteiger partial charge in [0.15, 0.2) is 5.60 Å². The lowest BCUT2D eigenvalue weighted by molar-refractivity contribution is -0.144. The van der Waals surface area contributed by atoms with Gasteiger partial charge in [-0.3, -0.25) is 19.2 Å². The van der Waals surface area contributed by atoms with Crippen molar-refractivity contribution >= 4 is 58.5 Å². The second-order valence-corrected chi connectivity index (χ2v) is 15.0. The maximum absolute atomic E-state index is 14.4. The van der Waals surface area contributed by atoms with Crippen LogP contribution >= 0.6 is 23.2 Å². The molecule has 0 unspecified atom stereocenters. The summed E-state index contributed by atoms with van der Waals surface area (Å²) in [6.45, 7) is 7.92. The number of ether oxygens (including phenoxy) is 2. The number of amides is 4. The second kappa shape index (κ2) is 14.6. The van der Waals surface area contributed by atoms with Gasteiger partial charge in [-0.15, -0.1) is 0 Å². The van der Waals surface area contributed by atoms with Gasteiger partial charge in [-0.25, -0.2) is 4.79 Å². The molecule has 4 amide bonds. The molecule has 5 atom stereocenters. The average molecular weight is 709 g/mol. The van der Waals surface area contributed by atoms with Crippen LogP contribution in [0.25, 0.3) is 0 Å². The van der Waals surface area contributed by atoms with Crippen molar-refractivity contribution < 1.29 is 38.3 Å². The number of rotatable bonds is 11. The summed E-state index contributed by atoms with van der Waals surface area (Å²) < 4.78 is 10.8. The molecule has 4 aliphatic rings. The van der Waals surface area contributed by atoms with E-state index in [1.54, 1.807) is 39.0 Å². The molecule has 3 aliphatic heterocycles. The number of Topliss-reactive ketones (excluding diaryl/α,β-unsaturated/α-hetero) is 1. The molecule has 48 heavy (non-hydrogen) atoms. The molecule has 5 rings (SSSR count). The first-order chi connectivity index (χ1) is 22.7. The lowest BCUT2D eigenvalue weighted by atomic mass is 9.85. The van der Waals surface area contributed by atoms with Crippen LogP contribution in [0, 0.1) is 5.41 Å². The highest BCUT2D eigenvalue weighted by molar-refractivity contribution is 6.38. The van der Waals surface area contributed by atoms with Crippen LogP contribution in [0.1, 0.15) is 78.2 Å². The Hall–Kier alpha value is -3.42. The number of ketones is 1. The van der Waals surface area contributed by atoms with Crippen molar-refractivity contribution in [3.05, 3.63) is 33.8 Å². The molecule has 2 saturated heterocycles. The highest BCUT2D eigenvalue weighted by atomic mass is 35.5. The number of carbonyl (C=O) groups is 5. The number of alkyl carbamates (subject to hydrolysis) is 1. The zero-order valence-electron chi connectivity index (χ0n) is 27.6. The van der Waals surface area contributed by atoms with E-state index in [0.29, 0.717) is 40.8 Å². The molecular weight excluding hydrogens is 665 g/mol. The Balaban J connectivity index is 1.39. The number of likely N-dealkylation sites (tertiary alicyclic amines) is 1. The molecule has 262 valence electrons. The molecule has 1 spiro atoms. The van der Waals surface area contributed by atoms with E-state index < -0.39 is 64.8 Å². The van der Waals surface area contributed by atoms with Crippen molar-refractivity contribution in [2.24, 2.45) is 10.6 Å². The zero-order chi connectivity index (χ0) is 34.8. The molecule has 3 fully saturated rings. The predicted octanol–water partition coefficient (Wildman–Crippen LogP) is 3.52. The summed E-state index contributed by atoms with van der Waals surface area (Å²) in [4.78, 5) is 74.6. The Morgan fingerprint density at radius 1 is 1.08 bits per heavy atom. The summed E-state index contributed by atoms with van der Waals surface area (Å²) in [6, 6.07) is 1.68. The highest BCUT2D eigenvalue weighted by Crippen LogP contribution is 2.40. The van der Waals surface area contributed by atoms with Gasteiger partial charge < -0.3 is 35.2 Å². The first-order valence-corrected chi connectivity index (χ1v) is 17.2. The summed E-state index contributed by atoms with van der Waals surface area (Å²) in [5.41, 5.74) is -0.717. The van der Waals surface area contributed by atoms with Crippen molar-refractivity contribution in [2.45, 2.75) is 109 Å². The van der Waals surface area contributed by atoms with Gasteiger partial charge in [0.1, 0.15) is 18.2 Å². The maximum atomic E-state index is 14.4. The van der Waals surface area contributed by atoms with Crippen LogP contribution in [-0.4, -0.2) is 95.8 Å². The number of nitrogens with zero attached hydrogens (tertiary/aromatic N) is 2. The number of halogens is 2. The molecule has 13 nitrogen and oxygen atoms in total. The molecule has 15 heteroatoms. The van der Waals surface area contributed by atoms with E-state index in [2.05, 4.69) is 21.1 Å². The van der Waals surface area contributed by atoms with E-state index in [0.717, 1.165) is 12.8 Å². The van der Waals surface area contributed by atoms with Crippen molar-refractivity contribution in [3.8, 4) is 0 Å². The van der Waals surface area contributed by atoms with Gasteiger partial charge in [-0.05, 0) is 42.9 Å². The van der Waals surface area contributed by atoms with Crippen molar-refractivity contribution in [2.75, 3.05) is 19.8 Å². The van der Waals surface area contributed by atoms with Crippen molar-refractivity contribution in [3.63, 3.8) is 0 Å². The number of nitrogens with one attached hydrogen (secondary N) is 3. The molecule has 1 aliphatic carbocycles. The van der Waals surface area contributed by atoms with Crippen LogP contribution in [0.2, 0.25) is 10.0 Å². The van der Waals surface area contributed by atoms with E-state index in [1.165, 1.54) is 4.90 Å². The normalized spacial score (nSPS) is 24.8. The minimum absolute atomic E-state index is 0.0277. The van der Waals surface area contributed by atoms with Crippen LogP contribution in [0.15, 0.2) is 23.4 Å². The number of carbonyl (C=O) groups excluding carboxylic acids is 5. The summed E-state index contributed by atoms with van der Waals surface area (Å²) in [5.74, 6) is -2.64. The molecule has 0 bridgehead atoms. The number of hydrogen-bond acceptors (Lipinski definition) is 9. The van der Waals surface area contributed by atoms with E-state index in [9.17, 15) is 24.0 Å². The fraction of sp³-hybridized carbons (Fsp3) is 0.636. The number of benzene rings is 1. The van der Waals surface area contributed by atoms with Gasteiger partial charge in [-0.2, -0.15) is 0 Å². The van der Waals surface area contributed by atoms with Crippen LogP contribution < -0.4 is 16.0 Å². The summed E-state index contributed by atoms with van der Waals surface area (Å²) in [7, 11) is 0. The largest absolute Gasteiger partial charge is 0.444 e. The van der Waals surface area contributed by atoms with Crippen molar-refractivity contribution in [1.82, 2.24) is 20.9 Å². The molecular formula is C33H43Cl2N5O8. The summed E-state index contributed by atoms with van der Waals surface area (Å²) in [6.07, 6.45) is 1.98. The maximum Gasteiger partial charge on any atom is 0.408 e. The average Bonchev–Trinajstić information content (AvgIpc) is 3.37. The highest BCUT2D eigenvalue weighted by Gasteiger charge is 2.56. The molecule has 1 aromatic rings. The third-order valence-electron chi connectivity index (χ3n) is 8.90. The smallest absolute Gasteiger partial charge is 0.408 e. The van der Waals surface area contributed by atoms with Gasteiger partial charge in [0.2, 0.25) is 17.6 Å². The van der Waals surface area contributed by atoms with Crippen LogP contribution in [0.3, 0.4) is 0 Å². The summed E-state index contributed by atoms with van der Waals surface area (Å²) >= 11 is 12.5. The van der Waals surface area contributed by atoms with E-state index in [4.69, 9.17) is 37.5 Å². The third kappa shape index (κ3) is 8.59. The molecule has 3 N–H and O–H groups in total. The lowest BCUT2D eigenvalue weighted by Crippen LogP contribution is -2.59. The summed E-state index contributed by atoms with van der Waals surface area (Å²) in [5, 5.41) is 13.3. The predicted molar refractivity (Wildman–Crippen MR) is 177 cm³/mol. The fourth-order valence-corrected chi connectivity index (χ4v) is 6.72. The lowest BCUT2D eigenvalue weighted by Gasteiger charge is -2.35. The Morgan fingerprint density at radius 3 is 2.40 bits per heavy atom. The molecule has 3 heterocycles. The van der Waals surface area contributed by atoms with Crippen LogP contribution in [0.5, 0.6) is 0 Å². The standard InChI is InChI=1S/C33H43Cl2N5O8/c1-5-6-23(26(41)29(43)36-21-7-8-21)37-28(42)25-15-33(14-24(39-48-33)18-11-19(34)13-20(35)12-18)17-40(25)30(44)27(32(2,3)4)38-31(45)47-22-9-10-46-16-22/h11-13,21-23,25,27H,5-10,14-17H2,1-4H3,(H,36,43)(H,37,42)(H,38,45)/t22-,23-,25-,27+,33-/m0/s1. The minimum atomic E-state index is -1.11. The van der Waals surface area contributed by atoms with Gasteiger partial charge in [0, 0.05) is 40.9 Å². The Kier molecular flexibility index (Phi) is 10.9. The first-order valence-electron chi connectivity index (χ1n) is 16.4. The zero-order valence-corrected chi connectivity index (χ0v) is 29.1.